The van der Waals surface area contributed by atoms with Gasteiger partial charge in [0.1, 0.15) is 6.33 Å². The normalized spacial score (nSPS) is 12.6. The van der Waals surface area contributed by atoms with Crippen molar-refractivity contribution in [3.05, 3.63) is 169 Å². The minimum atomic E-state index is -0.348. The highest BCUT2D eigenvalue weighted by Crippen LogP contribution is 2.42. The number of anilines is 1. The van der Waals surface area contributed by atoms with Crippen molar-refractivity contribution in [1.82, 2.24) is 14.5 Å². The van der Waals surface area contributed by atoms with Crippen LogP contribution in [0.15, 0.2) is 158 Å². The molecule has 0 radical (unpaired) electrons. The van der Waals surface area contributed by atoms with Crippen molar-refractivity contribution < 1.29 is 9.59 Å². The fourth-order valence-electron chi connectivity index (χ4n) is 6.92. The van der Waals surface area contributed by atoms with E-state index < -0.39 is 0 Å². The minimum absolute atomic E-state index is 0.339. The standard InChI is InChI=1S/C42H26N4O2/c47-41-33-15-9-17-39(45-36-16-8-7-14-32(36)35-23-30(19-21-38(35)45)31-24-43-26-44-25-31)40(33)42(48)46(41)37-20-18-29(27-10-3-1-4-11-27)22-34(37)28-12-5-2-6-13-28/h1-26H. The highest BCUT2D eigenvalue weighted by Gasteiger charge is 2.40. The van der Waals surface area contributed by atoms with E-state index in [1.165, 1.54) is 11.2 Å². The molecule has 0 N–H and O–H groups in total. The summed E-state index contributed by atoms with van der Waals surface area (Å²) in [4.78, 5) is 38.7. The third kappa shape index (κ3) is 4.27. The molecular formula is C42H26N4O2. The number of hydrogen-bond donors (Lipinski definition) is 0. The summed E-state index contributed by atoms with van der Waals surface area (Å²) in [6.45, 7) is 0. The molecule has 0 fully saturated rings. The van der Waals surface area contributed by atoms with Crippen molar-refractivity contribution in [2.75, 3.05) is 4.90 Å². The summed E-state index contributed by atoms with van der Waals surface area (Å²) in [5, 5.41) is 2.07. The molecule has 8 aromatic rings. The van der Waals surface area contributed by atoms with Crippen LogP contribution >= 0.6 is 0 Å². The second-order valence-electron chi connectivity index (χ2n) is 11.8. The highest BCUT2D eigenvalue weighted by atomic mass is 16.2. The predicted octanol–water partition coefficient (Wildman–Crippen LogP) is 9.38. The van der Waals surface area contributed by atoms with Gasteiger partial charge in [0, 0.05) is 34.3 Å². The lowest BCUT2D eigenvalue weighted by Crippen LogP contribution is -2.30. The molecule has 226 valence electrons. The minimum Gasteiger partial charge on any atom is -0.308 e. The van der Waals surface area contributed by atoms with E-state index in [1.807, 2.05) is 91.0 Å². The van der Waals surface area contributed by atoms with Gasteiger partial charge in [0.25, 0.3) is 11.8 Å². The smallest absolute Gasteiger partial charge is 0.268 e. The summed E-state index contributed by atoms with van der Waals surface area (Å²) in [5.41, 5.74) is 9.56. The molecule has 9 rings (SSSR count). The number of fused-ring (bicyclic) bond motifs is 4. The molecule has 1 aliphatic heterocycles. The lowest BCUT2D eigenvalue weighted by Gasteiger charge is -2.20. The molecule has 0 saturated carbocycles. The number of hydrogen-bond acceptors (Lipinski definition) is 4. The average molecular weight is 619 g/mol. The van der Waals surface area contributed by atoms with Gasteiger partial charge in [-0.15, -0.1) is 0 Å². The predicted molar refractivity (Wildman–Crippen MR) is 190 cm³/mol. The maximum absolute atomic E-state index is 14.7. The fourth-order valence-corrected chi connectivity index (χ4v) is 6.92. The Morgan fingerprint density at radius 3 is 1.90 bits per heavy atom. The van der Waals surface area contributed by atoms with E-state index in [0.717, 1.165) is 55.2 Å². The number of aromatic nitrogens is 3. The summed E-state index contributed by atoms with van der Waals surface area (Å²) in [5.74, 6) is -0.687. The van der Waals surface area contributed by atoms with Gasteiger partial charge in [0.05, 0.1) is 33.5 Å². The molecule has 48 heavy (non-hydrogen) atoms. The molecule has 3 heterocycles. The lowest BCUT2D eigenvalue weighted by molar-refractivity contribution is 0.0926. The van der Waals surface area contributed by atoms with E-state index in [1.54, 1.807) is 18.5 Å². The number of amides is 2. The first kappa shape index (κ1) is 27.6. The maximum atomic E-state index is 14.7. The molecule has 0 bridgehead atoms. The van der Waals surface area contributed by atoms with Crippen molar-refractivity contribution in [3.8, 4) is 39.1 Å². The van der Waals surface area contributed by atoms with Gasteiger partial charge in [-0.3, -0.25) is 9.59 Å². The Morgan fingerprint density at radius 2 is 1.10 bits per heavy atom. The van der Waals surface area contributed by atoms with Crippen LogP contribution in [0, 0.1) is 0 Å². The summed E-state index contributed by atoms with van der Waals surface area (Å²) < 4.78 is 2.10. The van der Waals surface area contributed by atoms with Gasteiger partial charge in [-0.2, -0.15) is 0 Å². The Hall–Kier alpha value is -6.66. The van der Waals surface area contributed by atoms with Crippen LogP contribution in [0.2, 0.25) is 0 Å². The van der Waals surface area contributed by atoms with E-state index >= 15 is 0 Å². The van der Waals surface area contributed by atoms with Crippen molar-refractivity contribution in [1.29, 1.82) is 0 Å². The third-order valence-corrected chi connectivity index (χ3v) is 9.13. The lowest BCUT2D eigenvalue weighted by atomic mass is 9.97. The maximum Gasteiger partial charge on any atom is 0.268 e. The van der Waals surface area contributed by atoms with Gasteiger partial charge in [0.15, 0.2) is 0 Å². The van der Waals surface area contributed by atoms with E-state index in [2.05, 4.69) is 57.0 Å². The number of imide groups is 1. The quantitative estimate of drug-likeness (QED) is 0.180. The highest BCUT2D eigenvalue weighted by molar-refractivity contribution is 6.36. The van der Waals surface area contributed by atoms with Gasteiger partial charge < -0.3 is 4.57 Å². The van der Waals surface area contributed by atoms with Crippen LogP contribution in [-0.2, 0) is 0 Å². The van der Waals surface area contributed by atoms with Gasteiger partial charge in [0.2, 0.25) is 0 Å². The van der Waals surface area contributed by atoms with Crippen molar-refractivity contribution in [3.63, 3.8) is 0 Å². The van der Waals surface area contributed by atoms with Crippen LogP contribution in [0.5, 0.6) is 0 Å². The topological polar surface area (TPSA) is 68.1 Å². The first-order valence-corrected chi connectivity index (χ1v) is 15.7. The molecule has 6 aromatic carbocycles. The molecule has 0 atom stereocenters. The van der Waals surface area contributed by atoms with E-state index in [9.17, 15) is 9.59 Å². The second kappa shape index (κ2) is 11.0. The number of para-hydroxylation sites is 1. The Balaban J connectivity index is 1.22. The number of rotatable bonds is 5. The van der Waals surface area contributed by atoms with Crippen LogP contribution in [-0.4, -0.2) is 26.3 Å². The Kier molecular flexibility index (Phi) is 6.33. The zero-order valence-electron chi connectivity index (χ0n) is 25.6. The fraction of sp³-hybridized carbons (Fsp3) is 0. The van der Waals surface area contributed by atoms with Crippen LogP contribution in [0.25, 0.3) is 60.9 Å². The van der Waals surface area contributed by atoms with Crippen molar-refractivity contribution in [2.45, 2.75) is 0 Å². The number of nitrogens with zero attached hydrogens (tertiary/aromatic N) is 4. The van der Waals surface area contributed by atoms with Gasteiger partial charge in [-0.1, -0.05) is 97.1 Å². The van der Waals surface area contributed by atoms with Crippen LogP contribution in [0.3, 0.4) is 0 Å². The zero-order valence-corrected chi connectivity index (χ0v) is 25.6. The number of carbonyl (C=O) groups excluding carboxylic acids is 2. The Bertz CT molecular complexity index is 2540. The van der Waals surface area contributed by atoms with Gasteiger partial charge in [-0.25, -0.2) is 14.9 Å². The molecule has 6 nitrogen and oxygen atoms in total. The van der Waals surface area contributed by atoms with Gasteiger partial charge in [-0.05, 0) is 64.7 Å². The first-order chi connectivity index (χ1) is 23.7. The third-order valence-electron chi connectivity index (χ3n) is 9.13. The summed E-state index contributed by atoms with van der Waals surface area (Å²) in [6, 6.07) is 45.8. The van der Waals surface area contributed by atoms with Gasteiger partial charge >= 0.3 is 0 Å². The Labute approximate surface area is 276 Å². The monoisotopic (exact) mass is 618 g/mol. The molecule has 0 unspecified atom stereocenters. The van der Waals surface area contributed by atoms with E-state index in [-0.39, 0.29) is 11.8 Å². The average Bonchev–Trinajstić information content (AvgIpc) is 3.62. The molecule has 0 aliphatic carbocycles. The molecule has 1 aliphatic rings. The molecular weight excluding hydrogens is 592 g/mol. The molecule has 2 amide bonds. The second-order valence-corrected chi connectivity index (χ2v) is 11.8. The summed E-state index contributed by atoms with van der Waals surface area (Å²) in [6.07, 6.45) is 5.12. The zero-order chi connectivity index (χ0) is 32.2. The van der Waals surface area contributed by atoms with E-state index in [4.69, 9.17) is 0 Å². The van der Waals surface area contributed by atoms with Crippen LogP contribution in [0.1, 0.15) is 20.7 Å². The molecule has 0 saturated heterocycles. The van der Waals surface area contributed by atoms with Crippen LogP contribution in [0.4, 0.5) is 5.69 Å². The Morgan fingerprint density at radius 1 is 0.438 bits per heavy atom. The molecule has 0 spiro atoms. The molecule has 6 heteroatoms. The number of benzene rings is 6. The van der Waals surface area contributed by atoms with Crippen molar-refractivity contribution >= 4 is 39.3 Å². The van der Waals surface area contributed by atoms with E-state index in [0.29, 0.717) is 22.5 Å². The largest absolute Gasteiger partial charge is 0.308 e. The summed E-state index contributed by atoms with van der Waals surface area (Å²) >= 11 is 0. The first-order valence-electron chi connectivity index (χ1n) is 15.7. The number of carbonyl (C=O) groups is 2. The SMILES string of the molecule is O=C1c2cccc(-n3c4ccccc4c4cc(-c5cncnc5)ccc43)c2C(=O)N1c1ccc(-c2ccccc2)cc1-c1ccccc1. The van der Waals surface area contributed by atoms with Crippen LogP contribution < -0.4 is 4.90 Å². The van der Waals surface area contributed by atoms with Crippen molar-refractivity contribution in [2.24, 2.45) is 0 Å². The summed E-state index contributed by atoms with van der Waals surface area (Å²) in [7, 11) is 0. The molecule has 2 aromatic heterocycles.